The van der Waals surface area contributed by atoms with E-state index in [1.165, 1.54) is 6.07 Å². The van der Waals surface area contributed by atoms with Gasteiger partial charge in [0.25, 0.3) is 5.91 Å². The highest BCUT2D eigenvalue weighted by molar-refractivity contribution is 7.91. The van der Waals surface area contributed by atoms with Gasteiger partial charge < -0.3 is 9.73 Å². The Morgan fingerprint density at radius 3 is 2.67 bits per heavy atom. The van der Waals surface area contributed by atoms with Gasteiger partial charge in [-0.2, -0.15) is 5.10 Å². The third kappa shape index (κ3) is 3.62. The number of hydrogen-bond donors (Lipinski definition) is 1. The van der Waals surface area contributed by atoms with Gasteiger partial charge in [0.1, 0.15) is 5.82 Å². The van der Waals surface area contributed by atoms with E-state index in [0.29, 0.717) is 23.2 Å². The number of para-hydroxylation sites is 1. The molecule has 2 aromatic heterocycles. The van der Waals surface area contributed by atoms with Crippen LogP contribution in [0.15, 0.2) is 28.7 Å². The molecule has 1 atom stereocenters. The summed E-state index contributed by atoms with van der Waals surface area (Å²) in [5, 5.41) is 7.93. The maximum atomic E-state index is 14.0. The summed E-state index contributed by atoms with van der Waals surface area (Å²) >= 11 is 0. The summed E-state index contributed by atoms with van der Waals surface area (Å²) < 4.78 is 45.1. The van der Waals surface area contributed by atoms with Crippen molar-refractivity contribution in [2.24, 2.45) is 0 Å². The molecule has 0 saturated carbocycles. The zero-order valence-electron chi connectivity index (χ0n) is 17.3. The molecule has 7 nitrogen and oxygen atoms in total. The number of carbonyl (C=O) groups excluding carboxylic acids is 1. The molecule has 1 fully saturated rings. The lowest BCUT2D eigenvalue weighted by Crippen LogP contribution is -2.20. The summed E-state index contributed by atoms with van der Waals surface area (Å²) in [6.07, 6.45) is 0.436. The molecular weight excluding hydrogens is 409 g/mol. The zero-order chi connectivity index (χ0) is 21.8. The first-order valence-corrected chi connectivity index (χ1v) is 11.6. The largest absolute Gasteiger partial charge is 0.448 e. The van der Waals surface area contributed by atoms with E-state index >= 15 is 0 Å². The number of sulfone groups is 1. The van der Waals surface area contributed by atoms with Gasteiger partial charge in [0.15, 0.2) is 27.0 Å². The van der Waals surface area contributed by atoms with Gasteiger partial charge in [-0.05, 0) is 19.4 Å². The molecule has 160 valence electrons. The highest BCUT2D eigenvalue weighted by atomic mass is 32.2. The fourth-order valence-corrected chi connectivity index (χ4v) is 5.39. The maximum absolute atomic E-state index is 14.0. The lowest BCUT2D eigenvalue weighted by atomic mass is 9.92. The third-order valence-electron chi connectivity index (χ3n) is 5.42. The lowest BCUT2D eigenvalue weighted by molar-refractivity contribution is 0.0996. The number of nitrogens with one attached hydrogen (secondary N) is 1. The van der Waals surface area contributed by atoms with Crippen molar-refractivity contribution in [1.29, 1.82) is 0 Å². The fraction of sp³-hybridized carbons (Fsp3) is 0.429. The summed E-state index contributed by atoms with van der Waals surface area (Å²) in [5.41, 5.74) is 1.01. The quantitative estimate of drug-likeness (QED) is 0.674. The number of anilines is 1. The molecule has 1 unspecified atom stereocenters. The Kier molecular flexibility index (Phi) is 4.76. The number of rotatable bonds is 3. The molecule has 1 saturated heterocycles. The predicted octanol–water partition coefficient (Wildman–Crippen LogP) is 3.99. The SMILES string of the molecule is Cc1c(C(=O)Nc2cc(C(C)(C)C)nn2C2CCS(=O)(=O)C2)oc2c(F)cccc12. The van der Waals surface area contributed by atoms with Gasteiger partial charge in [0.2, 0.25) is 0 Å². The minimum Gasteiger partial charge on any atom is -0.448 e. The number of nitrogens with zero attached hydrogens (tertiary/aromatic N) is 2. The van der Waals surface area contributed by atoms with Gasteiger partial charge >= 0.3 is 0 Å². The molecule has 1 aliphatic heterocycles. The van der Waals surface area contributed by atoms with Crippen molar-refractivity contribution in [3.63, 3.8) is 0 Å². The van der Waals surface area contributed by atoms with Gasteiger partial charge in [-0.3, -0.25) is 4.79 Å². The van der Waals surface area contributed by atoms with Crippen molar-refractivity contribution in [2.45, 2.75) is 45.6 Å². The normalized spacial score (nSPS) is 18.8. The van der Waals surface area contributed by atoms with E-state index in [1.807, 2.05) is 20.8 Å². The van der Waals surface area contributed by atoms with Crippen LogP contribution in [0.25, 0.3) is 11.0 Å². The summed E-state index contributed by atoms with van der Waals surface area (Å²) in [6.45, 7) is 7.66. The number of fused-ring (bicyclic) bond motifs is 1. The number of amides is 1. The Morgan fingerprint density at radius 1 is 1.33 bits per heavy atom. The van der Waals surface area contributed by atoms with Crippen LogP contribution in [0, 0.1) is 12.7 Å². The topological polar surface area (TPSA) is 94.2 Å². The Balaban J connectivity index is 1.72. The molecule has 3 heterocycles. The first-order valence-electron chi connectivity index (χ1n) is 9.76. The van der Waals surface area contributed by atoms with E-state index in [0.717, 1.165) is 5.69 Å². The average molecular weight is 434 g/mol. The molecule has 1 aliphatic rings. The molecule has 0 bridgehead atoms. The molecule has 9 heteroatoms. The molecular formula is C21H24FN3O4S. The van der Waals surface area contributed by atoms with Crippen LogP contribution in [0.2, 0.25) is 0 Å². The molecule has 0 spiro atoms. The van der Waals surface area contributed by atoms with E-state index in [2.05, 4.69) is 10.4 Å². The van der Waals surface area contributed by atoms with Crippen molar-refractivity contribution in [3.05, 3.63) is 47.1 Å². The van der Waals surface area contributed by atoms with Crippen LogP contribution in [-0.4, -0.2) is 35.6 Å². The van der Waals surface area contributed by atoms with Gasteiger partial charge in [-0.25, -0.2) is 17.5 Å². The predicted molar refractivity (Wildman–Crippen MR) is 112 cm³/mol. The summed E-state index contributed by atoms with van der Waals surface area (Å²) in [7, 11) is -3.13. The van der Waals surface area contributed by atoms with Gasteiger partial charge in [-0.15, -0.1) is 0 Å². The fourth-order valence-electron chi connectivity index (χ4n) is 3.70. The maximum Gasteiger partial charge on any atom is 0.292 e. The van der Waals surface area contributed by atoms with Crippen molar-refractivity contribution >= 4 is 32.5 Å². The number of aromatic nitrogens is 2. The summed E-state index contributed by atoms with van der Waals surface area (Å²) in [5.74, 6) is -0.587. The van der Waals surface area contributed by atoms with Crippen molar-refractivity contribution in [2.75, 3.05) is 16.8 Å². The highest BCUT2D eigenvalue weighted by Crippen LogP contribution is 2.32. The van der Waals surface area contributed by atoms with Crippen LogP contribution >= 0.6 is 0 Å². The van der Waals surface area contributed by atoms with Crippen LogP contribution in [0.3, 0.4) is 0 Å². The van der Waals surface area contributed by atoms with Crippen LogP contribution in [-0.2, 0) is 15.3 Å². The third-order valence-corrected chi connectivity index (χ3v) is 7.17. The molecule has 1 aromatic carbocycles. The van der Waals surface area contributed by atoms with E-state index in [-0.39, 0.29) is 34.3 Å². The monoisotopic (exact) mass is 433 g/mol. The first kappa shape index (κ1) is 20.6. The number of halogens is 1. The molecule has 1 N–H and O–H groups in total. The molecule has 1 amide bonds. The van der Waals surface area contributed by atoms with Crippen molar-refractivity contribution in [1.82, 2.24) is 9.78 Å². The second kappa shape index (κ2) is 6.94. The van der Waals surface area contributed by atoms with Crippen LogP contribution in [0.1, 0.15) is 55.0 Å². The summed E-state index contributed by atoms with van der Waals surface area (Å²) in [4.78, 5) is 13.0. The van der Waals surface area contributed by atoms with E-state index < -0.39 is 21.6 Å². The number of benzene rings is 1. The van der Waals surface area contributed by atoms with Crippen LogP contribution < -0.4 is 5.32 Å². The highest BCUT2D eigenvalue weighted by Gasteiger charge is 2.33. The Labute approximate surface area is 174 Å². The van der Waals surface area contributed by atoms with Gasteiger partial charge in [-0.1, -0.05) is 32.9 Å². The van der Waals surface area contributed by atoms with Gasteiger partial charge in [0, 0.05) is 22.4 Å². The number of aryl methyl sites for hydroxylation is 1. The first-order chi connectivity index (χ1) is 14.0. The Morgan fingerprint density at radius 2 is 2.07 bits per heavy atom. The summed E-state index contributed by atoms with van der Waals surface area (Å²) in [6, 6.07) is 5.93. The number of carbonyl (C=O) groups is 1. The molecule has 0 radical (unpaired) electrons. The van der Waals surface area contributed by atoms with E-state index in [4.69, 9.17) is 4.42 Å². The van der Waals surface area contributed by atoms with Crippen LogP contribution in [0.5, 0.6) is 0 Å². The minimum atomic E-state index is -3.13. The minimum absolute atomic E-state index is 0.0132. The van der Waals surface area contributed by atoms with Gasteiger partial charge in [0.05, 0.1) is 23.2 Å². The molecule has 30 heavy (non-hydrogen) atoms. The lowest BCUT2D eigenvalue weighted by Gasteiger charge is -2.15. The second-order valence-electron chi connectivity index (χ2n) is 8.79. The van der Waals surface area contributed by atoms with E-state index in [1.54, 1.807) is 29.8 Å². The Hall–Kier alpha value is -2.68. The second-order valence-corrected chi connectivity index (χ2v) is 11.0. The molecule has 0 aliphatic carbocycles. The van der Waals surface area contributed by atoms with Crippen molar-refractivity contribution < 1.29 is 22.0 Å². The standard InChI is InChI=1S/C21H24FN3O4S/c1-12-14-6-5-7-15(22)19(14)29-18(12)20(26)23-17-10-16(21(2,3)4)24-25(17)13-8-9-30(27,28)11-13/h5-7,10,13H,8-9,11H2,1-4H3,(H,23,26). The average Bonchev–Trinajstić information content (AvgIpc) is 3.31. The smallest absolute Gasteiger partial charge is 0.292 e. The molecule has 3 aromatic rings. The molecule has 4 rings (SSSR count). The number of furan rings is 1. The van der Waals surface area contributed by atoms with E-state index in [9.17, 15) is 17.6 Å². The number of hydrogen-bond acceptors (Lipinski definition) is 5. The zero-order valence-corrected chi connectivity index (χ0v) is 18.1. The Bertz CT molecular complexity index is 1250. The van der Waals surface area contributed by atoms with Crippen LogP contribution in [0.4, 0.5) is 10.2 Å². The van der Waals surface area contributed by atoms with Crippen molar-refractivity contribution in [3.8, 4) is 0 Å².